The molecule has 1 saturated carbocycles. The number of oxazole rings is 1. The van der Waals surface area contributed by atoms with Gasteiger partial charge in [0.05, 0.1) is 6.10 Å². The van der Waals surface area contributed by atoms with Gasteiger partial charge in [0.15, 0.2) is 11.2 Å². The van der Waals surface area contributed by atoms with Gasteiger partial charge in [-0.2, -0.15) is 0 Å². The number of fused-ring (bicyclic) bond motifs is 1. The summed E-state index contributed by atoms with van der Waals surface area (Å²) in [7, 11) is 0. The summed E-state index contributed by atoms with van der Waals surface area (Å²) in [5, 5.41) is 0. The van der Waals surface area contributed by atoms with Crippen molar-refractivity contribution in [3.05, 3.63) is 28.4 Å². The second-order valence-electron chi connectivity index (χ2n) is 8.38. The highest BCUT2D eigenvalue weighted by molar-refractivity contribution is 5.85. The molecule has 0 bridgehead atoms. The van der Waals surface area contributed by atoms with Crippen molar-refractivity contribution in [2.24, 2.45) is 0 Å². The Morgan fingerprint density at radius 2 is 1.89 bits per heavy atom. The highest BCUT2D eigenvalue weighted by Crippen LogP contribution is 2.38. The van der Waals surface area contributed by atoms with Crippen LogP contribution in [0.5, 0.6) is 0 Å². The molecule has 2 aromatic rings. The van der Waals surface area contributed by atoms with Crippen LogP contribution in [0.2, 0.25) is 0 Å². The van der Waals surface area contributed by atoms with E-state index in [-0.39, 0.29) is 29.7 Å². The Hall–Kier alpha value is -1.37. The molecule has 0 radical (unpaired) electrons. The van der Waals surface area contributed by atoms with Crippen molar-refractivity contribution >= 4 is 23.6 Å². The van der Waals surface area contributed by atoms with Crippen molar-refractivity contribution in [2.75, 3.05) is 19.7 Å². The molecule has 156 valence electrons. The van der Waals surface area contributed by atoms with Gasteiger partial charge in [-0.3, -0.25) is 9.47 Å². The molecule has 28 heavy (non-hydrogen) atoms. The van der Waals surface area contributed by atoms with Crippen molar-refractivity contribution in [3.63, 3.8) is 0 Å². The molecular formula is C21H32ClN3O3. The van der Waals surface area contributed by atoms with Gasteiger partial charge in [0.1, 0.15) is 0 Å². The number of rotatable bonds is 4. The SMILES string of the molecule is CCOC1CCC(C)(N2CCC(n3c(=O)oc4ccc(C)nc43)CC2)CC1.Cl. The van der Waals surface area contributed by atoms with E-state index in [9.17, 15) is 4.79 Å². The number of hydrogen-bond acceptors (Lipinski definition) is 5. The molecule has 0 amide bonds. The standard InChI is InChI=1S/C21H31N3O3.ClH/c1-4-26-17-7-11-21(3,12-8-17)23-13-9-16(10-14-23)24-19-18(27-20(24)25)6-5-15(2)22-19;/h5-6,16-17H,4,7-14H2,1-3H3;1H. The van der Waals surface area contributed by atoms with Crippen LogP contribution in [0.15, 0.2) is 21.3 Å². The number of likely N-dealkylation sites (tertiary alicyclic amines) is 1. The molecule has 2 aromatic heterocycles. The van der Waals surface area contributed by atoms with Crippen molar-refractivity contribution in [1.29, 1.82) is 0 Å². The van der Waals surface area contributed by atoms with E-state index in [2.05, 4.69) is 23.7 Å². The maximum atomic E-state index is 12.4. The van der Waals surface area contributed by atoms with Gasteiger partial charge < -0.3 is 9.15 Å². The molecule has 0 atom stereocenters. The number of aryl methyl sites for hydroxylation is 1. The van der Waals surface area contributed by atoms with Gasteiger partial charge in [-0.05, 0) is 71.4 Å². The highest BCUT2D eigenvalue weighted by Gasteiger charge is 2.38. The molecule has 4 rings (SSSR count). The van der Waals surface area contributed by atoms with E-state index in [0.29, 0.717) is 17.3 Å². The van der Waals surface area contributed by atoms with Crippen LogP contribution in [0.25, 0.3) is 11.2 Å². The molecule has 0 unspecified atom stereocenters. The van der Waals surface area contributed by atoms with Gasteiger partial charge >= 0.3 is 5.76 Å². The summed E-state index contributed by atoms with van der Waals surface area (Å²) in [6.07, 6.45) is 7.06. The molecule has 0 spiro atoms. The lowest BCUT2D eigenvalue weighted by atomic mass is 9.79. The van der Waals surface area contributed by atoms with Crippen LogP contribution in [0, 0.1) is 6.92 Å². The third kappa shape index (κ3) is 4.00. The fourth-order valence-electron chi connectivity index (χ4n) is 4.93. The molecule has 6 nitrogen and oxygen atoms in total. The van der Waals surface area contributed by atoms with Crippen LogP contribution >= 0.6 is 12.4 Å². The van der Waals surface area contributed by atoms with Gasteiger partial charge in [0, 0.05) is 37.0 Å². The van der Waals surface area contributed by atoms with Gasteiger partial charge in [-0.25, -0.2) is 9.78 Å². The first-order valence-corrected chi connectivity index (χ1v) is 10.4. The zero-order chi connectivity index (χ0) is 19.0. The van der Waals surface area contributed by atoms with Crippen LogP contribution in [-0.2, 0) is 4.74 Å². The third-order valence-electron chi connectivity index (χ3n) is 6.61. The minimum atomic E-state index is -0.273. The fourth-order valence-corrected chi connectivity index (χ4v) is 4.93. The van der Waals surface area contributed by atoms with Crippen LogP contribution < -0.4 is 5.76 Å². The number of aromatic nitrogens is 2. The minimum Gasteiger partial charge on any atom is -0.406 e. The monoisotopic (exact) mass is 409 g/mol. The van der Waals surface area contributed by atoms with E-state index in [4.69, 9.17) is 9.15 Å². The van der Waals surface area contributed by atoms with E-state index < -0.39 is 0 Å². The summed E-state index contributed by atoms with van der Waals surface area (Å²) in [6, 6.07) is 3.91. The van der Waals surface area contributed by atoms with Crippen molar-refractivity contribution in [1.82, 2.24) is 14.5 Å². The van der Waals surface area contributed by atoms with Crippen LogP contribution in [-0.4, -0.2) is 45.8 Å². The number of nitrogens with zero attached hydrogens (tertiary/aromatic N) is 3. The largest absolute Gasteiger partial charge is 0.421 e. The first-order valence-electron chi connectivity index (χ1n) is 10.4. The quantitative estimate of drug-likeness (QED) is 0.760. The molecular weight excluding hydrogens is 378 g/mol. The lowest BCUT2D eigenvalue weighted by Gasteiger charge is -2.48. The zero-order valence-electron chi connectivity index (χ0n) is 17.1. The average molecular weight is 410 g/mol. The average Bonchev–Trinajstić information content (AvgIpc) is 2.99. The first kappa shape index (κ1) is 21.3. The van der Waals surface area contributed by atoms with E-state index in [1.807, 2.05) is 19.1 Å². The molecule has 7 heteroatoms. The lowest BCUT2D eigenvalue weighted by molar-refractivity contribution is -0.0274. The van der Waals surface area contributed by atoms with Crippen molar-refractivity contribution in [2.45, 2.75) is 77.0 Å². The molecule has 1 aliphatic heterocycles. The van der Waals surface area contributed by atoms with E-state index in [0.717, 1.165) is 51.1 Å². The Kier molecular flexibility index (Phi) is 6.52. The van der Waals surface area contributed by atoms with Gasteiger partial charge in [0.25, 0.3) is 0 Å². The summed E-state index contributed by atoms with van der Waals surface area (Å²) in [4.78, 5) is 19.6. The topological polar surface area (TPSA) is 60.5 Å². The highest BCUT2D eigenvalue weighted by atomic mass is 35.5. The zero-order valence-corrected chi connectivity index (χ0v) is 18.0. The van der Waals surface area contributed by atoms with Crippen molar-refractivity contribution < 1.29 is 9.15 Å². The fraction of sp³-hybridized carbons (Fsp3) is 0.714. The molecule has 1 aliphatic carbocycles. The summed E-state index contributed by atoms with van der Waals surface area (Å²) in [5.41, 5.74) is 2.46. The molecule has 0 N–H and O–H groups in total. The second kappa shape index (κ2) is 8.56. The molecule has 0 aromatic carbocycles. The molecule has 3 heterocycles. The lowest BCUT2D eigenvalue weighted by Crippen LogP contribution is -2.53. The number of halogens is 1. The predicted octanol–water partition coefficient (Wildman–Crippen LogP) is 4.09. The van der Waals surface area contributed by atoms with Gasteiger partial charge in [-0.15, -0.1) is 12.4 Å². The van der Waals surface area contributed by atoms with Gasteiger partial charge in [0.2, 0.25) is 0 Å². The molecule has 2 aliphatic rings. The Morgan fingerprint density at radius 1 is 1.21 bits per heavy atom. The third-order valence-corrected chi connectivity index (χ3v) is 6.61. The summed E-state index contributed by atoms with van der Waals surface area (Å²) in [6.45, 7) is 9.28. The van der Waals surface area contributed by atoms with Crippen molar-refractivity contribution in [3.8, 4) is 0 Å². The maximum Gasteiger partial charge on any atom is 0.421 e. The number of pyridine rings is 1. The minimum absolute atomic E-state index is 0. The van der Waals surface area contributed by atoms with Gasteiger partial charge in [-0.1, -0.05) is 0 Å². The summed E-state index contributed by atoms with van der Waals surface area (Å²) < 4.78 is 13.0. The van der Waals surface area contributed by atoms with Crippen LogP contribution in [0.4, 0.5) is 0 Å². The van der Waals surface area contributed by atoms with E-state index >= 15 is 0 Å². The summed E-state index contributed by atoms with van der Waals surface area (Å²) >= 11 is 0. The second-order valence-corrected chi connectivity index (χ2v) is 8.38. The Balaban J connectivity index is 0.00000225. The summed E-state index contributed by atoms with van der Waals surface area (Å²) in [5.74, 6) is -0.273. The maximum absolute atomic E-state index is 12.4. The van der Waals surface area contributed by atoms with Crippen LogP contribution in [0.1, 0.15) is 64.1 Å². The van der Waals surface area contributed by atoms with E-state index in [1.165, 1.54) is 12.8 Å². The predicted molar refractivity (Wildman–Crippen MR) is 112 cm³/mol. The normalized spacial score (nSPS) is 27.0. The smallest absolute Gasteiger partial charge is 0.406 e. The number of ether oxygens (including phenoxy) is 1. The Morgan fingerprint density at radius 3 is 2.54 bits per heavy atom. The first-order chi connectivity index (χ1) is 13.0. The molecule has 1 saturated heterocycles. The molecule has 2 fully saturated rings. The van der Waals surface area contributed by atoms with E-state index in [1.54, 1.807) is 4.57 Å². The number of hydrogen-bond donors (Lipinski definition) is 0. The number of piperidine rings is 1. The van der Waals surface area contributed by atoms with Crippen LogP contribution in [0.3, 0.4) is 0 Å². The Labute approximate surface area is 172 Å². The Bertz CT molecular complexity index is 846.